The number of carboxylic acids is 1. The second-order valence-corrected chi connectivity index (χ2v) is 6.26. The number of aromatic carboxylic acids is 1. The zero-order valence-corrected chi connectivity index (χ0v) is 13.9. The molecule has 0 fully saturated rings. The normalized spacial score (nSPS) is 11.1. The lowest BCUT2D eigenvalue weighted by atomic mass is 10.1. The number of anilines is 1. The van der Waals surface area contributed by atoms with Crippen LogP contribution in [0.5, 0.6) is 0 Å². The summed E-state index contributed by atoms with van der Waals surface area (Å²) in [6.45, 7) is 6.30. The maximum atomic E-state index is 11.5. The quantitative estimate of drug-likeness (QED) is 0.728. The smallest absolute Gasteiger partial charge is 0.407 e. The maximum Gasteiger partial charge on any atom is 0.407 e. The molecule has 0 saturated heterocycles. The van der Waals surface area contributed by atoms with Crippen LogP contribution in [-0.2, 0) is 4.74 Å². The fourth-order valence-corrected chi connectivity index (χ4v) is 2.03. The van der Waals surface area contributed by atoms with Crippen molar-refractivity contribution in [1.82, 2.24) is 10.3 Å². The van der Waals surface area contributed by atoms with E-state index in [1.54, 1.807) is 45.0 Å². The number of carboxylic acid groups (broad SMARTS) is 1. The van der Waals surface area contributed by atoms with Gasteiger partial charge in [0.15, 0.2) is 0 Å². The molecular formula is C17H21N3O4. The van der Waals surface area contributed by atoms with Gasteiger partial charge in [0.2, 0.25) is 0 Å². The van der Waals surface area contributed by atoms with Gasteiger partial charge in [0.05, 0.1) is 11.1 Å². The average Bonchev–Trinajstić information content (AvgIpc) is 2.49. The molecule has 0 aliphatic carbocycles. The van der Waals surface area contributed by atoms with Crippen molar-refractivity contribution < 1.29 is 19.4 Å². The van der Waals surface area contributed by atoms with Gasteiger partial charge >= 0.3 is 12.1 Å². The first-order valence-electron chi connectivity index (χ1n) is 7.59. The number of benzene rings is 1. The standard InChI is InChI=1S/C17H21N3O4/c1-17(2,3)24-16(23)19-9-8-18-14-7-5-11-10-12(15(21)22)4-6-13(11)20-14/h4-7,10H,8-9H2,1-3H3,(H,18,20)(H,19,23)(H,21,22). The van der Waals surface area contributed by atoms with Gasteiger partial charge in [-0.25, -0.2) is 14.6 Å². The van der Waals surface area contributed by atoms with Gasteiger partial charge in [0, 0.05) is 18.5 Å². The van der Waals surface area contributed by atoms with Gasteiger partial charge in [0.25, 0.3) is 0 Å². The first-order chi connectivity index (χ1) is 11.2. The van der Waals surface area contributed by atoms with Crippen LogP contribution in [0.25, 0.3) is 10.9 Å². The lowest BCUT2D eigenvalue weighted by Gasteiger charge is -2.19. The molecule has 0 spiro atoms. The molecule has 2 rings (SSSR count). The highest BCUT2D eigenvalue weighted by Gasteiger charge is 2.15. The Morgan fingerprint density at radius 1 is 1.17 bits per heavy atom. The highest BCUT2D eigenvalue weighted by molar-refractivity contribution is 5.93. The summed E-state index contributed by atoms with van der Waals surface area (Å²) in [7, 11) is 0. The molecule has 1 heterocycles. The fraction of sp³-hybridized carbons (Fsp3) is 0.353. The highest BCUT2D eigenvalue weighted by atomic mass is 16.6. The number of ether oxygens (including phenoxy) is 1. The molecule has 1 aromatic carbocycles. The molecule has 7 heteroatoms. The molecule has 0 bridgehead atoms. The number of nitrogens with one attached hydrogen (secondary N) is 2. The second kappa shape index (κ2) is 7.16. The molecule has 0 unspecified atom stereocenters. The summed E-state index contributed by atoms with van der Waals surface area (Å²) >= 11 is 0. The Kier molecular flexibility index (Phi) is 5.23. The van der Waals surface area contributed by atoms with E-state index in [0.717, 1.165) is 5.39 Å². The predicted molar refractivity (Wildman–Crippen MR) is 91.4 cm³/mol. The van der Waals surface area contributed by atoms with Crippen LogP contribution in [0.1, 0.15) is 31.1 Å². The van der Waals surface area contributed by atoms with Crippen molar-refractivity contribution in [3.8, 4) is 0 Å². The number of carbonyl (C=O) groups is 2. The van der Waals surface area contributed by atoms with Crippen molar-refractivity contribution in [2.45, 2.75) is 26.4 Å². The van der Waals surface area contributed by atoms with Crippen molar-refractivity contribution in [3.63, 3.8) is 0 Å². The Balaban J connectivity index is 1.88. The number of hydrogen-bond acceptors (Lipinski definition) is 5. The molecule has 1 aromatic heterocycles. The molecular weight excluding hydrogens is 310 g/mol. The molecule has 0 aliphatic rings. The zero-order valence-electron chi connectivity index (χ0n) is 13.9. The van der Waals surface area contributed by atoms with Gasteiger partial charge in [-0.2, -0.15) is 0 Å². The van der Waals surface area contributed by atoms with Crippen LogP contribution in [0, 0.1) is 0 Å². The Morgan fingerprint density at radius 2 is 1.92 bits per heavy atom. The van der Waals surface area contributed by atoms with Crippen LogP contribution in [-0.4, -0.2) is 40.8 Å². The molecule has 0 aliphatic heterocycles. The zero-order chi connectivity index (χ0) is 17.7. The molecule has 24 heavy (non-hydrogen) atoms. The minimum atomic E-state index is -0.965. The van der Waals surface area contributed by atoms with E-state index in [9.17, 15) is 9.59 Å². The Labute approximate surface area is 140 Å². The number of alkyl carbamates (subject to hydrolysis) is 1. The van der Waals surface area contributed by atoms with Gasteiger partial charge in [-0.3, -0.25) is 0 Å². The molecule has 0 radical (unpaired) electrons. The number of fused-ring (bicyclic) bond motifs is 1. The summed E-state index contributed by atoms with van der Waals surface area (Å²) in [5.41, 5.74) is 0.406. The molecule has 7 nitrogen and oxygen atoms in total. The number of nitrogens with zero attached hydrogens (tertiary/aromatic N) is 1. The number of amides is 1. The van der Waals surface area contributed by atoms with Crippen molar-refractivity contribution in [1.29, 1.82) is 0 Å². The number of hydrogen-bond donors (Lipinski definition) is 3. The van der Waals surface area contributed by atoms with Crippen LogP contribution in [0.2, 0.25) is 0 Å². The summed E-state index contributed by atoms with van der Waals surface area (Å²) in [5, 5.41) is 15.5. The summed E-state index contributed by atoms with van der Waals surface area (Å²) in [4.78, 5) is 26.9. The first-order valence-corrected chi connectivity index (χ1v) is 7.59. The van der Waals surface area contributed by atoms with Crippen molar-refractivity contribution in [2.24, 2.45) is 0 Å². The van der Waals surface area contributed by atoms with Gasteiger partial charge in [0.1, 0.15) is 11.4 Å². The number of pyridine rings is 1. The van der Waals surface area contributed by atoms with E-state index in [1.807, 2.05) is 0 Å². The molecule has 0 atom stereocenters. The SMILES string of the molecule is CC(C)(C)OC(=O)NCCNc1ccc2cc(C(=O)O)ccc2n1. The molecule has 2 aromatic rings. The highest BCUT2D eigenvalue weighted by Crippen LogP contribution is 2.17. The molecule has 3 N–H and O–H groups in total. The van der Waals surface area contributed by atoms with E-state index in [4.69, 9.17) is 9.84 Å². The third kappa shape index (κ3) is 5.12. The van der Waals surface area contributed by atoms with Crippen LogP contribution in [0.4, 0.5) is 10.6 Å². The number of aromatic nitrogens is 1. The van der Waals surface area contributed by atoms with Gasteiger partial charge in [-0.1, -0.05) is 0 Å². The van der Waals surface area contributed by atoms with Crippen molar-refractivity contribution in [3.05, 3.63) is 35.9 Å². The van der Waals surface area contributed by atoms with E-state index in [0.29, 0.717) is 24.4 Å². The van der Waals surface area contributed by atoms with E-state index in [1.165, 1.54) is 6.07 Å². The first kappa shape index (κ1) is 17.5. The van der Waals surface area contributed by atoms with Crippen molar-refractivity contribution >= 4 is 28.8 Å². The molecule has 0 saturated carbocycles. The Hall–Kier alpha value is -2.83. The topological polar surface area (TPSA) is 101 Å². The van der Waals surface area contributed by atoms with Gasteiger partial charge in [-0.15, -0.1) is 0 Å². The van der Waals surface area contributed by atoms with E-state index >= 15 is 0 Å². The largest absolute Gasteiger partial charge is 0.478 e. The van der Waals surface area contributed by atoms with Crippen LogP contribution < -0.4 is 10.6 Å². The minimum Gasteiger partial charge on any atom is -0.478 e. The number of rotatable bonds is 5. The number of carbonyl (C=O) groups excluding carboxylic acids is 1. The summed E-state index contributed by atoms with van der Waals surface area (Å²) in [5.74, 6) is -0.316. The summed E-state index contributed by atoms with van der Waals surface area (Å²) in [6.07, 6.45) is -0.461. The molecule has 128 valence electrons. The molecule has 1 amide bonds. The van der Waals surface area contributed by atoms with Crippen LogP contribution >= 0.6 is 0 Å². The lowest BCUT2D eigenvalue weighted by Crippen LogP contribution is -2.35. The Bertz CT molecular complexity index is 753. The third-order valence-electron chi connectivity index (χ3n) is 3.04. The average molecular weight is 331 g/mol. The Morgan fingerprint density at radius 3 is 2.58 bits per heavy atom. The summed E-state index contributed by atoms with van der Waals surface area (Å²) < 4.78 is 5.14. The maximum absolute atomic E-state index is 11.5. The van der Waals surface area contributed by atoms with E-state index < -0.39 is 17.7 Å². The van der Waals surface area contributed by atoms with Crippen LogP contribution in [0.15, 0.2) is 30.3 Å². The van der Waals surface area contributed by atoms with Gasteiger partial charge < -0.3 is 20.5 Å². The lowest BCUT2D eigenvalue weighted by molar-refractivity contribution is 0.0529. The fourth-order valence-electron chi connectivity index (χ4n) is 2.03. The van der Waals surface area contributed by atoms with Gasteiger partial charge in [-0.05, 0) is 51.1 Å². The van der Waals surface area contributed by atoms with E-state index in [2.05, 4.69) is 15.6 Å². The van der Waals surface area contributed by atoms with E-state index in [-0.39, 0.29) is 5.56 Å². The van der Waals surface area contributed by atoms with Crippen molar-refractivity contribution in [2.75, 3.05) is 18.4 Å². The monoisotopic (exact) mass is 331 g/mol. The third-order valence-corrected chi connectivity index (χ3v) is 3.04. The minimum absolute atomic E-state index is 0.228. The predicted octanol–water partition coefficient (Wildman–Crippen LogP) is 2.87. The van der Waals surface area contributed by atoms with Crippen LogP contribution in [0.3, 0.4) is 0 Å². The second-order valence-electron chi connectivity index (χ2n) is 6.26. The summed E-state index contributed by atoms with van der Waals surface area (Å²) in [6, 6.07) is 8.34.